The van der Waals surface area contributed by atoms with Gasteiger partial charge in [0.1, 0.15) is 17.5 Å². The number of fused-ring (bicyclic) bond motifs is 1. The highest BCUT2D eigenvalue weighted by Crippen LogP contribution is 2.33. The van der Waals surface area contributed by atoms with Crippen molar-refractivity contribution in [3.05, 3.63) is 34.5 Å². The van der Waals surface area contributed by atoms with Gasteiger partial charge in [0.15, 0.2) is 0 Å². The maximum absolute atomic E-state index is 12.6. The van der Waals surface area contributed by atoms with Crippen LogP contribution in [0.1, 0.15) is 30.6 Å². The number of anilines is 1. The Morgan fingerprint density at radius 3 is 2.83 bits per heavy atom. The summed E-state index contributed by atoms with van der Waals surface area (Å²) < 4.78 is 39.9. The Labute approximate surface area is 135 Å². The monoisotopic (exact) mass is 345 g/mol. The van der Waals surface area contributed by atoms with Crippen LogP contribution >= 0.6 is 11.6 Å². The Kier molecular flexibility index (Phi) is 4.18. The molecule has 0 unspecified atom stereocenters. The summed E-state index contributed by atoms with van der Waals surface area (Å²) in [7, 11) is 0. The Morgan fingerprint density at radius 2 is 2.17 bits per heavy atom. The minimum atomic E-state index is -4.45. The van der Waals surface area contributed by atoms with Crippen LogP contribution < -0.4 is 5.32 Å². The lowest BCUT2D eigenvalue weighted by atomic mass is 10.1. The summed E-state index contributed by atoms with van der Waals surface area (Å²) in [6, 6.07) is 0.909. The Bertz CT molecular complexity index is 699. The van der Waals surface area contributed by atoms with Crippen molar-refractivity contribution in [1.29, 1.82) is 0 Å². The number of aromatic nitrogens is 4. The first-order chi connectivity index (χ1) is 10.9. The van der Waals surface area contributed by atoms with Crippen LogP contribution in [0.2, 0.25) is 5.02 Å². The van der Waals surface area contributed by atoms with Crippen LogP contribution in [0.3, 0.4) is 0 Å². The summed E-state index contributed by atoms with van der Waals surface area (Å²) in [5.74, 6) is 2.10. The minimum Gasteiger partial charge on any atom is -0.364 e. The maximum atomic E-state index is 12.6. The minimum absolute atomic E-state index is 0.0190. The molecule has 1 atom stereocenters. The van der Waals surface area contributed by atoms with Gasteiger partial charge in [-0.05, 0) is 12.5 Å². The molecule has 2 aromatic rings. The lowest BCUT2D eigenvalue weighted by Crippen LogP contribution is -2.32. The topological polar surface area (TPSA) is 55.6 Å². The smallest absolute Gasteiger partial charge is 0.364 e. The molecule has 0 aromatic carbocycles. The molecule has 124 valence electrons. The second-order valence-corrected chi connectivity index (χ2v) is 5.84. The number of rotatable bonds is 3. The van der Waals surface area contributed by atoms with Crippen molar-refractivity contribution >= 4 is 17.4 Å². The first-order valence-electron chi connectivity index (χ1n) is 7.28. The van der Waals surface area contributed by atoms with Crippen molar-refractivity contribution in [3.8, 4) is 0 Å². The quantitative estimate of drug-likeness (QED) is 0.927. The number of pyridine rings is 1. The first-order valence-corrected chi connectivity index (χ1v) is 7.66. The second-order valence-electron chi connectivity index (χ2n) is 5.43. The van der Waals surface area contributed by atoms with Gasteiger partial charge in [0.05, 0.1) is 10.6 Å². The molecule has 1 aliphatic heterocycles. The lowest BCUT2D eigenvalue weighted by Gasteiger charge is -2.26. The number of hydrogen-bond acceptors (Lipinski definition) is 4. The highest BCUT2D eigenvalue weighted by Gasteiger charge is 2.32. The normalized spacial score (nSPS) is 17.9. The van der Waals surface area contributed by atoms with E-state index in [9.17, 15) is 13.2 Å². The van der Waals surface area contributed by atoms with Crippen molar-refractivity contribution in [2.75, 3.05) is 5.32 Å². The highest BCUT2D eigenvalue weighted by atomic mass is 35.5. The van der Waals surface area contributed by atoms with Crippen molar-refractivity contribution in [2.45, 2.75) is 44.9 Å². The van der Waals surface area contributed by atoms with Gasteiger partial charge in [-0.2, -0.15) is 13.2 Å². The van der Waals surface area contributed by atoms with E-state index in [4.69, 9.17) is 11.6 Å². The molecule has 3 rings (SSSR count). The van der Waals surface area contributed by atoms with E-state index in [0.717, 1.165) is 43.2 Å². The molecule has 23 heavy (non-hydrogen) atoms. The number of nitrogens with one attached hydrogen (secondary N) is 1. The van der Waals surface area contributed by atoms with Crippen LogP contribution in [0.4, 0.5) is 19.0 Å². The molecule has 0 fully saturated rings. The van der Waals surface area contributed by atoms with Gasteiger partial charge in [0, 0.05) is 31.6 Å². The largest absolute Gasteiger partial charge is 0.417 e. The standard InChI is InChI=1S/C14H15ClF3N5/c1-2-11-21-22-12-4-3-9(7-23(11)12)20-13-10(15)5-8(6-19-13)14(16,17)18/h5-6,9H,2-4,7H2,1H3,(H,19,20)/t9-/m1/s1. The van der Waals surface area contributed by atoms with E-state index in [1.165, 1.54) is 0 Å². The van der Waals surface area contributed by atoms with E-state index in [0.29, 0.717) is 6.54 Å². The molecule has 2 aromatic heterocycles. The number of nitrogens with zero attached hydrogens (tertiary/aromatic N) is 4. The molecule has 1 aliphatic rings. The van der Waals surface area contributed by atoms with Gasteiger partial charge in [-0.25, -0.2) is 4.98 Å². The predicted molar refractivity (Wildman–Crippen MR) is 79.4 cm³/mol. The average molecular weight is 346 g/mol. The van der Waals surface area contributed by atoms with E-state index in [2.05, 4.69) is 20.5 Å². The Morgan fingerprint density at radius 1 is 1.39 bits per heavy atom. The summed E-state index contributed by atoms with van der Waals surface area (Å²) in [6.45, 7) is 2.65. The fourth-order valence-electron chi connectivity index (χ4n) is 2.65. The van der Waals surface area contributed by atoms with Crippen LogP contribution in [0, 0.1) is 0 Å². The zero-order chi connectivity index (χ0) is 16.6. The van der Waals surface area contributed by atoms with Crippen LogP contribution in [0.15, 0.2) is 12.3 Å². The molecule has 0 radical (unpaired) electrons. The van der Waals surface area contributed by atoms with Gasteiger partial charge >= 0.3 is 6.18 Å². The molecule has 0 saturated heterocycles. The van der Waals surface area contributed by atoms with Crippen molar-refractivity contribution in [1.82, 2.24) is 19.7 Å². The van der Waals surface area contributed by atoms with E-state index in [1.54, 1.807) is 0 Å². The molecular formula is C14H15ClF3N5. The van der Waals surface area contributed by atoms with Crippen molar-refractivity contribution in [2.24, 2.45) is 0 Å². The zero-order valence-corrected chi connectivity index (χ0v) is 13.1. The Hall–Kier alpha value is -1.83. The van der Waals surface area contributed by atoms with Crippen LogP contribution in [0.25, 0.3) is 0 Å². The second kappa shape index (κ2) is 5.99. The van der Waals surface area contributed by atoms with Crippen molar-refractivity contribution < 1.29 is 13.2 Å². The summed E-state index contributed by atoms with van der Waals surface area (Å²) in [6.07, 6.45) is -1.34. The zero-order valence-electron chi connectivity index (χ0n) is 12.4. The Balaban J connectivity index is 1.76. The first kappa shape index (κ1) is 16.0. The SMILES string of the molecule is CCc1nnc2n1C[C@H](Nc1ncc(C(F)(F)F)cc1Cl)CC2. The van der Waals surface area contributed by atoms with Gasteiger partial charge < -0.3 is 9.88 Å². The average Bonchev–Trinajstić information content (AvgIpc) is 2.90. The summed E-state index contributed by atoms with van der Waals surface area (Å²) in [5, 5.41) is 11.4. The van der Waals surface area contributed by atoms with E-state index in [1.807, 2.05) is 11.5 Å². The number of aryl methyl sites for hydroxylation is 2. The van der Waals surface area contributed by atoms with Gasteiger partial charge in [-0.3, -0.25) is 0 Å². The fourth-order valence-corrected chi connectivity index (χ4v) is 2.88. The molecular weight excluding hydrogens is 331 g/mol. The van der Waals surface area contributed by atoms with E-state index < -0.39 is 11.7 Å². The summed E-state index contributed by atoms with van der Waals surface area (Å²) >= 11 is 5.94. The number of hydrogen-bond donors (Lipinski definition) is 1. The molecule has 0 bridgehead atoms. The third-order valence-electron chi connectivity index (χ3n) is 3.85. The van der Waals surface area contributed by atoms with Crippen LogP contribution in [-0.2, 0) is 25.6 Å². The highest BCUT2D eigenvalue weighted by molar-refractivity contribution is 6.33. The molecule has 0 spiro atoms. The third-order valence-corrected chi connectivity index (χ3v) is 4.14. The van der Waals surface area contributed by atoms with Gasteiger partial charge in [0.2, 0.25) is 0 Å². The molecule has 5 nitrogen and oxygen atoms in total. The molecule has 3 heterocycles. The van der Waals surface area contributed by atoms with E-state index >= 15 is 0 Å². The van der Waals surface area contributed by atoms with Gasteiger partial charge in [-0.15, -0.1) is 10.2 Å². The molecule has 9 heteroatoms. The molecule has 0 amide bonds. The van der Waals surface area contributed by atoms with Gasteiger partial charge in [-0.1, -0.05) is 18.5 Å². The molecule has 0 saturated carbocycles. The lowest BCUT2D eigenvalue weighted by molar-refractivity contribution is -0.137. The molecule has 1 N–H and O–H groups in total. The third kappa shape index (κ3) is 3.26. The van der Waals surface area contributed by atoms with Crippen molar-refractivity contribution in [3.63, 3.8) is 0 Å². The maximum Gasteiger partial charge on any atom is 0.417 e. The van der Waals surface area contributed by atoms with E-state index in [-0.39, 0.29) is 16.9 Å². The van der Waals surface area contributed by atoms with Crippen LogP contribution in [0.5, 0.6) is 0 Å². The summed E-state index contributed by atoms with van der Waals surface area (Å²) in [5.41, 5.74) is -0.856. The summed E-state index contributed by atoms with van der Waals surface area (Å²) in [4.78, 5) is 3.82. The number of halogens is 4. The van der Waals surface area contributed by atoms with Gasteiger partial charge in [0.25, 0.3) is 0 Å². The number of alkyl halides is 3. The predicted octanol–water partition coefficient (Wildman–Crippen LogP) is 3.33. The van der Waals surface area contributed by atoms with Crippen LogP contribution in [-0.4, -0.2) is 25.8 Å². The fraction of sp³-hybridized carbons (Fsp3) is 0.500. The molecule has 0 aliphatic carbocycles.